The van der Waals surface area contributed by atoms with E-state index in [4.69, 9.17) is 21.1 Å². The third-order valence-electron chi connectivity index (χ3n) is 10.5. The monoisotopic (exact) mass is 867 g/mol. The van der Waals surface area contributed by atoms with E-state index in [2.05, 4.69) is 25.1 Å². The minimum Gasteiger partial charge on any atom is -0.477 e. The third-order valence-corrected chi connectivity index (χ3v) is 11.5. The summed E-state index contributed by atoms with van der Waals surface area (Å²) in [5.74, 6) is -2.39. The van der Waals surface area contributed by atoms with Crippen molar-refractivity contribution < 1.29 is 50.2 Å². The number of likely N-dealkylation sites (tertiary alicyclic amines) is 1. The van der Waals surface area contributed by atoms with Crippen molar-refractivity contribution in [2.24, 2.45) is 11.3 Å². The smallest absolute Gasteiger partial charge is 0.471 e. The summed E-state index contributed by atoms with van der Waals surface area (Å²) < 4.78 is 93.9. The van der Waals surface area contributed by atoms with Gasteiger partial charge in [-0.05, 0) is 100 Å². The lowest BCUT2D eigenvalue weighted by Gasteiger charge is -2.31. The van der Waals surface area contributed by atoms with Gasteiger partial charge >= 0.3 is 24.2 Å². The van der Waals surface area contributed by atoms with Crippen LogP contribution in [0.15, 0.2) is 71.9 Å². The summed E-state index contributed by atoms with van der Waals surface area (Å²) in [6, 6.07) is 15.8. The summed E-state index contributed by atoms with van der Waals surface area (Å²) in [6.07, 6.45) is -6.45. The van der Waals surface area contributed by atoms with E-state index in [-0.39, 0.29) is 60.7 Å². The Morgan fingerprint density at radius 3 is 2.37 bits per heavy atom. The van der Waals surface area contributed by atoms with Crippen LogP contribution in [0.5, 0.6) is 5.88 Å². The molecule has 0 radical (unpaired) electrons. The van der Waals surface area contributed by atoms with Crippen molar-refractivity contribution in [2.75, 3.05) is 25.6 Å². The Balaban J connectivity index is 1.08. The average molecular weight is 868 g/mol. The summed E-state index contributed by atoms with van der Waals surface area (Å²) in [5, 5.41) is 7.83. The van der Waals surface area contributed by atoms with Crippen molar-refractivity contribution in [2.45, 2.75) is 81.3 Å². The number of nitrogens with zero attached hydrogens (tertiary/aromatic N) is 5. The van der Waals surface area contributed by atoms with Crippen LogP contribution in [0.1, 0.15) is 84.7 Å². The summed E-state index contributed by atoms with van der Waals surface area (Å²) in [5.41, 5.74) is -1.52. The number of hydrogen-bond acceptors (Lipinski definition) is 10. The van der Waals surface area contributed by atoms with E-state index in [1.54, 1.807) is 56.3 Å². The molecule has 20 heteroatoms. The van der Waals surface area contributed by atoms with E-state index in [0.29, 0.717) is 35.7 Å². The number of halogens is 7. The largest absolute Gasteiger partial charge is 0.477 e. The molecule has 0 spiro atoms. The van der Waals surface area contributed by atoms with Gasteiger partial charge in [-0.15, -0.1) is 5.10 Å². The SMILES string of the molecule is COC(=O)c1ccc(C(CCC2CN(C(=O)C(F)(F)F)C(C)(C)C2)Nc2cccc(SNC(=O)c3ccc(-n4ccc(OCCC5(C(F)(F)F)CC5)n4)nc3Cl)n2)cc1. The van der Waals surface area contributed by atoms with Crippen LogP contribution in [0.4, 0.5) is 32.2 Å². The Labute approximate surface area is 344 Å². The van der Waals surface area contributed by atoms with Crippen molar-refractivity contribution in [3.05, 3.63) is 88.7 Å². The molecule has 1 aromatic carbocycles. The van der Waals surface area contributed by atoms with E-state index in [9.17, 15) is 40.7 Å². The van der Waals surface area contributed by atoms with Gasteiger partial charge in [-0.2, -0.15) is 26.3 Å². The van der Waals surface area contributed by atoms with Gasteiger partial charge in [0.25, 0.3) is 5.91 Å². The normalized spacial score (nSPS) is 17.6. The molecule has 59 heavy (non-hydrogen) atoms. The number of hydrogen-bond donors (Lipinski definition) is 2. The van der Waals surface area contributed by atoms with E-state index in [0.717, 1.165) is 22.4 Å². The van der Waals surface area contributed by atoms with Gasteiger partial charge in [-0.25, -0.2) is 19.4 Å². The summed E-state index contributed by atoms with van der Waals surface area (Å²) in [6.45, 7) is 3.05. The van der Waals surface area contributed by atoms with Crippen LogP contribution in [0.3, 0.4) is 0 Å². The molecule has 2 unspecified atom stereocenters. The molecule has 2 atom stereocenters. The Morgan fingerprint density at radius 2 is 1.73 bits per heavy atom. The number of methoxy groups -OCH3 is 1. The molecule has 1 aliphatic carbocycles. The Hall–Kier alpha value is -5.04. The Morgan fingerprint density at radius 1 is 1.00 bits per heavy atom. The highest BCUT2D eigenvalue weighted by Gasteiger charge is 2.62. The molecule has 2 fully saturated rings. The fourth-order valence-corrected chi connectivity index (χ4v) is 7.91. The highest BCUT2D eigenvalue weighted by Crippen LogP contribution is 2.59. The van der Waals surface area contributed by atoms with Gasteiger partial charge in [-0.1, -0.05) is 29.8 Å². The lowest BCUT2D eigenvalue weighted by atomic mass is 9.90. The van der Waals surface area contributed by atoms with Gasteiger partial charge in [0.2, 0.25) is 5.88 Å². The second-order valence-electron chi connectivity index (χ2n) is 15.1. The molecule has 6 rings (SSSR count). The Bertz CT molecular complexity index is 2160. The molecule has 12 nitrogen and oxygen atoms in total. The van der Waals surface area contributed by atoms with Crippen LogP contribution in [0.25, 0.3) is 5.82 Å². The number of anilines is 1. The molecule has 2 amide bonds. The predicted molar refractivity (Wildman–Crippen MR) is 205 cm³/mol. The first kappa shape index (κ1) is 43.5. The molecule has 316 valence electrons. The van der Waals surface area contributed by atoms with Gasteiger partial charge in [0.1, 0.15) is 16.0 Å². The zero-order valence-corrected chi connectivity index (χ0v) is 33.6. The van der Waals surface area contributed by atoms with Crippen LogP contribution in [0.2, 0.25) is 5.15 Å². The maximum Gasteiger partial charge on any atom is 0.471 e. The predicted octanol–water partition coefficient (Wildman–Crippen LogP) is 8.77. The number of carbonyl (C=O) groups excluding carboxylic acids is 3. The first-order chi connectivity index (χ1) is 27.8. The zero-order chi connectivity index (χ0) is 42.8. The molecule has 4 heterocycles. The summed E-state index contributed by atoms with van der Waals surface area (Å²) in [4.78, 5) is 47.1. The standard InChI is InChI=1S/C39H40ClF6N7O5S/c1-36(2)21-23(22-52(36)35(56)38(41,42)43)7-13-27(24-8-10-25(11-9-24)34(55)57-3)47-28-5-4-6-31(48-28)59-51-33(54)26-12-14-29(49-32(26)40)53-19-15-30(50-53)58-20-18-37(16-17-37)39(44,45)46/h4-6,8-12,14-15,19,23,27H,7,13,16-18,20-22H2,1-3H3,(H,47,48)(H,51,54). The van der Waals surface area contributed by atoms with Crippen molar-refractivity contribution in [3.8, 4) is 11.7 Å². The van der Waals surface area contributed by atoms with Crippen molar-refractivity contribution in [1.29, 1.82) is 0 Å². The average Bonchev–Trinajstić information content (AvgIpc) is 3.74. The highest BCUT2D eigenvalue weighted by atomic mass is 35.5. The maximum absolute atomic E-state index is 13.3. The first-order valence-electron chi connectivity index (χ1n) is 18.5. The van der Waals surface area contributed by atoms with Gasteiger partial charge in [0.15, 0.2) is 5.82 Å². The number of rotatable bonds is 15. The molecule has 3 aromatic heterocycles. The molecule has 1 saturated carbocycles. The summed E-state index contributed by atoms with van der Waals surface area (Å²) in [7, 11) is 1.27. The minimum absolute atomic E-state index is 0.0394. The topological polar surface area (TPSA) is 141 Å². The molecule has 2 aliphatic rings. The van der Waals surface area contributed by atoms with Crippen molar-refractivity contribution in [1.82, 2.24) is 29.4 Å². The fraction of sp³-hybridized carbons (Fsp3) is 0.436. The van der Waals surface area contributed by atoms with E-state index < -0.39 is 47.1 Å². The molecule has 1 aliphatic heterocycles. The molecule has 0 bridgehead atoms. The zero-order valence-electron chi connectivity index (χ0n) is 32.0. The summed E-state index contributed by atoms with van der Waals surface area (Å²) >= 11 is 7.29. The van der Waals surface area contributed by atoms with Crippen molar-refractivity contribution >= 4 is 47.2 Å². The van der Waals surface area contributed by atoms with Crippen LogP contribution in [0, 0.1) is 11.3 Å². The number of amides is 2. The van der Waals surface area contributed by atoms with Gasteiger partial charge in [0.05, 0.1) is 36.3 Å². The minimum atomic E-state index is -4.98. The number of ether oxygens (including phenoxy) is 2. The quantitative estimate of drug-likeness (QED) is 0.0516. The van der Waals surface area contributed by atoms with Crippen molar-refractivity contribution in [3.63, 3.8) is 0 Å². The third kappa shape index (κ3) is 10.4. The number of benzene rings is 1. The van der Waals surface area contributed by atoms with E-state index in [1.165, 1.54) is 36.2 Å². The first-order valence-corrected chi connectivity index (χ1v) is 19.7. The molecule has 1 saturated heterocycles. The lowest BCUT2D eigenvalue weighted by molar-refractivity contribution is -0.190. The second kappa shape index (κ2) is 17.3. The van der Waals surface area contributed by atoms with Crippen LogP contribution < -0.4 is 14.8 Å². The Kier molecular flexibility index (Phi) is 12.8. The number of nitrogens with one attached hydrogen (secondary N) is 2. The van der Waals surface area contributed by atoms with E-state index >= 15 is 0 Å². The van der Waals surface area contributed by atoms with Crippen LogP contribution in [-0.2, 0) is 9.53 Å². The molecular weight excluding hydrogens is 828 g/mol. The number of esters is 1. The number of aromatic nitrogens is 4. The fourth-order valence-electron chi connectivity index (χ4n) is 7.08. The van der Waals surface area contributed by atoms with Gasteiger partial charge in [0, 0.05) is 36.3 Å². The van der Waals surface area contributed by atoms with E-state index in [1.807, 2.05) is 0 Å². The number of alkyl halides is 6. The lowest BCUT2D eigenvalue weighted by Crippen LogP contribution is -2.48. The maximum atomic E-state index is 13.3. The number of pyridine rings is 2. The molecule has 4 aromatic rings. The molecule has 2 N–H and O–H groups in total. The van der Waals surface area contributed by atoms with Gasteiger partial charge < -0.3 is 19.7 Å². The van der Waals surface area contributed by atoms with Crippen LogP contribution in [-0.4, -0.2) is 80.6 Å². The number of carbonyl (C=O) groups is 3. The van der Waals surface area contributed by atoms with Gasteiger partial charge in [-0.3, -0.25) is 14.3 Å². The highest BCUT2D eigenvalue weighted by molar-refractivity contribution is 7.97. The van der Waals surface area contributed by atoms with Crippen LogP contribution >= 0.6 is 23.5 Å². The molecular formula is C39H40ClF6N7O5S. The second-order valence-corrected chi connectivity index (χ2v) is 16.2.